The topological polar surface area (TPSA) is 57.4 Å². The lowest BCUT2D eigenvalue weighted by Crippen LogP contribution is -2.21. The van der Waals surface area contributed by atoms with Crippen LogP contribution in [0.4, 0.5) is 0 Å². The van der Waals surface area contributed by atoms with Gasteiger partial charge in [0.05, 0.1) is 22.1 Å². The van der Waals surface area contributed by atoms with E-state index in [0.717, 1.165) is 52.1 Å². The predicted octanol–water partition coefficient (Wildman–Crippen LogP) is 5.80. The molecule has 4 rings (SSSR count). The molecule has 0 unspecified atom stereocenters. The van der Waals surface area contributed by atoms with Crippen LogP contribution in [-0.2, 0) is 5.41 Å². The molecule has 0 spiro atoms. The number of H-pyrrole nitrogens is 2. The fourth-order valence-electron chi connectivity index (χ4n) is 3.41. The van der Waals surface area contributed by atoms with E-state index in [2.05, 4.69) is 74.9 Å². The Labute approximate surface area is 154 Å². The highest BCUT2D eigenvalue weighted by Crippen LogP contribution is 2.32. The fraction of sp³-hybridized carbons (Fsp3) is 0.364. The second-order valence-electron chi connectivity index (χ2n) is 7.62. The molecule has 0 fully saturated rings. The third-order valence-corrected chi connectivity index (χ3v) is 6.00. The SMILES string of the molecule is CCC(C)(CC)c1nc2cc3nc(-c4ccc(C)c(C)c4)[nH]c3cc2[nH]1. The zero-order valence-corrected chi connectivity index (χ0v) is 16.2. The zero-order valence-electron chi connectivity index (χ0n) is 16.2. The van der Waals surface area contributed by atoms with E-state index in [-0.39, 0.29) is 5.41 Å². The van der Waals surface area contributed by atoms with Crippen LogP contribution in [0.1, 0.15) is 50.6 Å². The van der Waals surface area contributed by atoms with Crippen molar-refractivity contribution in [1.82, 2.24) is 19.9 Å². The van der Waals surface area contributed by atoms with E-state index >= 15 is 0 Å². The quantitative estimate of drug-likeness (QED) is 0.490. The van der Waals surface area contributed by atoms with Gasteiger partial charge in [-0.2, -0.15) is 0 Å². The van der Waals surface area contributed by atoms with Crippen LogP contribution in [0.25, 0.3) is 33.5 Å². The summed E-state index contributed by atoms with van der Waals surface area (Å²) >= 11 is 0. The first-order valence-electron chi connectivity index (χ1n) is 9.41. The molecule has 4 nitrogen and oxygen atoms in total. The van der Waals surface area contributed by atoms with Gasteiger partial charge in [0, 0.05) is 11.0 Å². The molecule has 2 N–H and O–H groups in total. The molecule has 134 valence electrons. The summed E-state index contributed by atoms with van der Waals surface area (Å²) in [4.78, 5) is 16.7. The summed E-state index contributed by atoms with van der Waals surface area (Å²) in [5.74, 6) is 1.97. The maximum Gasteiger partial charge on any atom is 0.138 e. The summed E-state index contributed by atoms with van der Waals surface area (Å²) in [6.07, 6.45) is 2.13. The normalized spacial score (nSPS) is 12.3. The first-order chi connectivity index (χ1) is 12.4. The van der Waals surface area contributed by atoms with Gasteiger partial charge >= 0.3 is 0 Å². The van der Waals surface area contributed by atoms with E-state index in [9.17, 15) is 0 Å². The minimum atomic E-state index is 0.0880. The second kappa shape index (κ2) is 5.97. The first-order valence-corrected chi connectivity index (χ1v) is 9.41. The summed E-state index contributed by atoms with van der Waals surface area (Å²) in [5.41, 5.74) is 7.82. The van der Waals surface area contributed by atoms with Crippen molar-refractivity contribution in [2.24, 2.45) is 0 Å². The molecule has 0 radical (unpaired) electrons. The van der Waals surface area contributed by atoms with E-state index in [1.165, 1.54) is 11.1 Å². The number of hydrogen-bond acceptors (Lipinski definition) is 2. The summed E-state index contributed by atoms with van der Waals surface area (Å²) in [6.45, 7) is 11.0. The molecule has 0 amide bonds. The highest BCUT2D eigenvalue weighted by atomic mass is 15.0. The average Bonchev–Trinajstić information content (AvgIpc) is 3.24. The van der Waals surface area contributed by atoms with Gasteiger partial charge in [0.1, 0.15) is 11.6 Å². The van der Waals surface area contributed by atoms with Gasteiger partial charge in [0.25, 0.3) is 0 Å². The largest absolute Gasteiger partial charge is 0.341 e. The Morgan fingerprint density at radius 1 is 0.846 bits per heavy atom. The number of nitrogens with zero attached hydrogens (tertiary/aromatic N) is 2. The second-order valence-corrected chi connectivity index (χ2v) is 7.62. The van der Waals surface area contributed by atoms with E-state index in [4.69, 9.17) is 9.97 Å². The first kappa shape index (κ1) is 16.8. The average molecular weight is 346 g/mol. The molecule has 2 heterocycles. The van der Waals surface area contributed by atoms with Crippen LogP contribution in [0, 0.1) is 13.8 Å². The molecule has 0 saturated heterocycles. The van der Waals surface area contributed by atoms with Gasteiger partial charge < -0.3 is 9.97 Å². The van der Waals surface area contributed by atoms with Gasteiger partial charge in [0.2, 0.25) is 0 Å². The van der Waals surface area contributed by atoms with E-state index in [0.29, 0.717) is 0 Å². The molecule has 4 aromatic rings. The number of aromatic amines is 2. The lowest BCUT2D eigenvalue weighted by atomic mass is 9.84. The molecule has 0 bridgehead atoms. The van der Waals surface area contributed by atoms with Crippen LogP contribution in [0.5, 0.6) is 0 Å². The van der Waals surface area contributed by atoms with Crippen molar-refractivity contribution >= 4 is 22.1 Å². The standard InChI is InChI=1S/C22H26N4/c1-6-22(5,7-2)21-25-18-11-16-17(12-19(18)26-21)24-20(23-16)15-9-8-13(3)14(4)10-15/h8-12H,6-7H2,1-5H3,(H,23,24)(H,25,26). The number of fused-ring (bicyclic) bond motifs is 2. The van der Waals surface area contributed by atoms with Crippen LogP contribution in [-0.4, -0.2) is 19.9 Å². The van der Waals surface area contributed by atoms with Gasteiger partial charge in [-0.25, -0.2) is 9.97 Å². The Morgan fingerprint density at radius 2 is 1.54 bits per heavy atom. The van der Waals surface area contributed by atoms with E-state index < -0.39 is 0 Å². The number of aromatic nitrogens is 4. The fourth-order valence-corrected chi connectivity index (χ4v) is 3.41. The molecular formula is C22H26N4. The summed E-state index contributed by atoms with van der Waals surface area (Å²) < 4.78 is 0. The predicted molar refractivity (Wildman–Crippen MR) is 109 cm³/mol. The van der Waals surface area contributed by atoms with Crippen molar-refractivity contribution in [2.75, 3.05) is 0 Å². The Bertz CT molecular complexity index is 1050. The van der Waals surface area contributed by atoms with Crippen molar-refractivity contribution < 1.29 is 0 Å². The summed E-state index contributed by atoms with van der Waals surface area (Å²) in [5, 5.41) is 0. The Morgan fingerprint density at radius 3 is 2.23 bits per heavy atom. The van der Waals surface area contributed by atoms with Gasteiger partial charge in [0.15, 0.2) is 0 Å². The number of nitrogens with one attached hydrogen (secondary N) is 2. The smallest absolute Gasteiger partial charge is 0.138 e. The molecule has 4 heteroatoms. The van der Waals surface area contributed by atoms with Crippen molar-refractivity contribution in [3.63, 3.8) is 0 Å². The third-order valence-electron chi connectivity index (χ3n) is 6.00. The van der Waals surface area contributed by atoms with Crippen molar-refractivity contribution in [3.05, 3.63) is 47.3 Å². The van der Waals surface area contributed by atoms with Gasteiger partial charge in [-0.15, -0.1) is 0 Å². The lowest BCUT2D eigenvalue weighted by Gasteiger charge is -2.23. The number of benzene rings is 2. The molecule has 0 saturated carbocycles. The summed E-state index contributed by atoms with van der Waals surface area (Å²) in [6, 6.07) is 10.7. The van der Waals surface area contributed by atoms with Crippen LogP contribution in [0.2, 0.25) is 0 Å². The number of hydrogen-bond donors (Lipinski definition) is 2. The molecule has 0 aliphatic heterocycles. The van der Waals surface area contributed by atoms with Gasteiger partial charge in [-0.05, 0) is 56.0 Å². The molecule has 2 aromatic carbocycles. The van der Waals surface area contributed by atoms with Crippen molar-refractivity contribution in [1.29, 1.82) is 0 Å². The Balaban J connectivity index is 1.81. The molecule has 0 atom stereocenters. The van der Waals surface area contributed by atoms with Crippen molar-refractivity contribution in [2.45, 2.75) is 52.9 Å². The van der Waals surface area contributed by atoms with Crippen LogP contribution < -0.4 is 0 Å². The van der Waals surface area contributed by atoms with Crippen LogP contribution in [0.3, 0.4) is 0 Å². The lowest BCUT2D eigenvalue weighted by molar-refractivity contribution is 0.416. The molecular weight excluding hydrogens is 320 g/mol. The zero-order chi connectivity index (χ0) is 18.5. The Hall–Kier alpha value is -2.62. The van der Waals surface area contributed by atoms with Gasteiger partial charge in [-0.1, -0.05) is 32.9 Å². The summed E-state index contributed by atoms with van der Waals surface area (Å²) in [7, 11) is 0. The number of rotatable bonds is 4. The molecule has 2 aromatic heterocycles. The number of imidazole rings is 2. The minimum Gasteiger partial charge on any atom is -0.341 e. The van der Waals surface area contributed by atoms with E-state index in [1.807, 2.05) is 0 Å². The van der Waals surface area contributed by atoms with Crippen molar-refractivity contribution in [3.8, 4) is 11.4 Å². The van der Waals surface area contributed by atoms with Gasteiger partial charge in [-0.3, -0.25) is 0 Å². The molecule has 0 aliphatic carbocycles. The maximum absolute atomic E-state index is 4.87. The van der Waals surface area contributed by atoms with E-state index in [1.54, 1.807) is 0 Å². The van der Waals surface area contributed by atoms with Crippen LogP contribution >= 0.6 is 0 Å². The van der Waals surface area contributed by atoms with Crippen LogP contribution in [0.15, 0.2) is 30.3 Å². The monoisotopic (exact) mass is 346 g/mol. The highest BCUT2D eigenvalue weighted by Gasteiger charge is 2.26. The molecule has 26 heavy (non-hydrogen) atoms. The highest BCUT2D eigenvalue weighted by molar-refractivity contribution is 5.92. The minimum absolute atomic E-state index is 0.0880. The molecule has 0 aliphatic rings. The number of aryl methyl sites for hydroxylation is 2. The maximum atomic E-state index is 4.87. The third kappa shape index (κ3) is 2.61. The Kier molecular flexibility index (Phi) is 3.87.